The Morgan fingerprint density at radius 2 is 1.26 bits per heavy atom. The Morgan fingerprint density at radius 1 is 0.765 bits per heavy atom. The van der Waals surface area contributed by atoms with Crippen LogP contribution in [0.1, 0.15) is 25.7 Å². The predicted octanol–water partition coefficient (Wildman–Crippen LogP) is -6.35. The molecule has 0 heterocycles. The average Bonchev–Trinajstić information content (AvgIpc) is 2.71. The second kappa shape index (κ2) is 15.0. The van der Waals surface area contributed by atoms with Gasteiger partial charge in [0, 0.05) is 6.54 Å². The van der Waals surface area contributed by atoms with E-state index < -0.39 is 79.1 Å². The highest BCUT2D eigenvalue weighted by Crippen LogP contribution is 2.01. The first-order chi connectivity index (χ1) is 15.8. The number of hydrogen-bond donors (Lipinski definition) is 10. The summed E-state index contributed by atoms with van der Waals surface area (Å²) in [6.07, 6.45) is -1.12. The van der Waals surface area contributed by atoms with Crippen molar-refractivity contribution in [3.63, 3.8) is 0 Å². The number of rotatable bonds is 16. The fourth-order valence-electron chi connectivity index (χ4n) is 2.50. The largest absolute Gasteiger partial charge is 0.480 e. The molecule has 0 spiro atoms. The number of nitrogens with zero attached hydrogens (tertiary/aromatic N) is 1. The smallest absolute Gasteiger partial charge is 0.326 e. The molecule has 0 aliphatic rings. The van der Waals surface area contributed by atoms with Crippen molar-refractivity contribution >= 4 is 41.5 Å². The molecule has 4 unspecified atom stereocenters. The van der Waals surface area contributed by atoms with Crippen LogP contribution in [0, 0.1) is 0 Å². The van der Waals surface area contributed by atoms with Crippen LogP contribution in [0.25, 0.3) is 0 Å². The number of nitrogens with one attached hydrogen (secondary N) is 3. The van der Waals surface area contributed by atoms with Crippen LogP contribution in [-0.2, 0) is 28.8 Å². The number of carboxylic acid groups (broad SMARTS) is 1. The van der Waals surface area contributed by atoms with E-state index in [0.717, 1.165) is 0 Å². The summed E-state index contributed by atoms with van der Waals surface area (Å²) < 4.78 is 0. The van der Waals surface area contributed by atoms with E-state index in [1.807, 2.05) is 0 Å². The number of carbonyl (C=O) groups excluding carboxylic acids is 5. The number of guanidine groups is 1. The molecule has 4 atom stereocenters. The highest BCUT2D eigenvalue weighted by atomic mass is 16.4. The Balaban J connectivity index is 5.22. The highest BCUT2D eigenvalue weighted by Gasteiger charge is 2.31. The monoisotopic (exact) mass is 489 g/mol. The van der Waals surface area contributed by atoms with Crippen LogP contribution in [0.3, 0.4) is 0 Å². The second-order valence-electron chi connectivity index (χ2n) is 7.10. The fourth-order valence-corrected chi connectivity index (χ4v) is 2.50. The number of nitrogens with two attached hydrogens (primary N) is 5. The fraction of sp³-hybridized carbons (Fsp3) is 0.588. The number of primary amides is 2. The minimum atomic E-state index is -1.64. The number of aliphatic hydroxyl groups excluding tert-OH is 1. The van der Waals surface area contributed by atoms with E-state index in [0.29, 0.717) is 0 Å². The van der Waals surface area contributed by atoms with Gasteiger partial charge in [-0.2, -0.15) is 0 Å². The van der Waals surface area contributed by atoms with E-state index in [1.54, 1.807) is 0 Å². The van der Waals surface area contributed by atoms with Gasteiger partial charge in [-0.15, -0.1) is 0 Å². The quantitative estimate of drug-likeness (QED) is 0.0551. The van der Waals surface area contributed by atoms with Crippen LogP contribution in [-0.4, -0.2) is 89.0 Å². The summed E-state index contributed by atoms with van der Waals surface area (Å²) in [5.41, 5.74) is 25.8. The molecule has 0 aromatic rings. The normalized spacial score (nSPS) is 13.9. The molecule has 192 valence electrons. The third-order valence-electron chi connectivity index (χ3n) is 4.17. The molecular formula is C17H31N9O8. The number of carboxylic acids is 1. The van der Waals surface area contributed by atoms with Crippen molar-refractivity contribution in [2.45, 2.75) is 49.9 Å². The van der Waals surface area contributed by atoms with Crippen molar-refractivity contribution in [1.82, 2.24) is 16.0 Å². The van der Waals surface area contributed by atoms with Gasteiger partial charge in [-0.1, -0.05) is 0 Å². The van der Waals surface area contributed by atoms with Gasteiger partial charge >= 0.3 is 5.97 Å². The summed E-state index contributed by atoms with van der Waals surface area (Å²) in [5, 5.41) is 25.1. The number of aliphatic carboxylic acids is 1. The summed E-state index contributed by atoms with van der Waals surface area (Å²) >= 11 is 0. The van der Waals surface area contributed by atoms with Gasteiger partial charge in [0.2, 0.25) is 29.5 Å². The third kappa shape index (κ3) is 12.2. The van der Waals surface area contributed by atoms with Crippen molar-refractivity contribution in [1.29, 1.82) is 0 Å². The van der Waals surface area contributed by atoms with Crippen molar-refractivity contribution < 1.29 is 39.0 Å². The molecule has 0 aromatic heterocycles. The van der Waals surface area contributed by atoms with E-state index in [1.165, 1.54) is 0 Å². The summed E-state index contributed by atoms with van der Waals surface area (Å²) in [7, 11) is 0. The molecule has 0 saturated heterocycles. The number of aliphatic hydroxyl groups is 1. The molecule has 0 aliphatic heterocycles. The summed E-state index contributed by atoms with van der Waals surface area (Å²) in [4.78, 5) is 74.2. The number of carbonyl (C=O) groups is 6. The number of aliphatic imine (C=N–C) groups is 1. The first kappa shape index (κ1) is 30.0. The van der Waals surface area contributed by atoms with Gasteiger partial charge in [0.05, 0.1) is 25.5 Å². The SMILES string of the molecule is NC(=O)CC(N)C(=O)NC(CC(N)=O)C(=O)NC(CO)C(=O)NC(CCCN=C(N)N)C(=O)O. The van der Waals surface area contributed by atoms with Crippen LogP contribution in [0.2, 0.25) is 0 Å². The standard InChI is InChI=1S/C17H31N9O8/c18-7(4-11(19)28)13(30)25-9(5-12(20)29)14(31)26-10(6-27)15(32)24-8(16(33)34)2-1-3-23-17(21)22/h7-10,27H,1-6,18H2,(H2,19,28)(H2,20,29)(H,24,32)(H,25,30)(H,26,31)(H,33,34)(H4,21,22,23). The van der Waals surface area contributed by atoms with Gasteiger partial charge in [0.1, 0.15) is 18.1 Å². The Bertz CT molecular complexity index is 800. The Kier molecular flexibility index (Phi) is 13.2. The third-order valence-corrected chi connectivity index (χ3v) is 4.17. The number of amides is 5. The highest BCUT2D eigenvalue weighted by molar-refractivity contribution is 5.96. The van der Waals surface area contributed by atoms with E-state index >= 15 is 0 Å². The van der Waals surface area contributed by atoms with Gasteiger partial charge in [0.15, 0.2) is 5.96 Å². The van der Waals surface area contributed by atoms with Crippen LogP contribution < -0.4 is 44.6 Å². The molecule has 0 fully saturated rings. The summed E-state index contributed by atoms with van der Waals surface area (Å²) in [5.74, 6) is -6.62. The lowest BCUT2D eigenvalue weighted by atomic mass is 10.1. The molecule has 0 rings (SSSR count). The van der Waals surface area contributed by atoms with Gasteiger partial charge < -0.3 is 54.8 Å². The van der Waals surface area contributed by atoms with Gasteiger partial charge in [-0.3, -0.25) is 29.0 Å². The predicted molar refractivity (Wildman–Crippen MR) is 116 cm³/mol. The van der Waals surface area contributed by atoms with Crippen molar-refractivity contribution in [3.05, 3.63) is 0 Å². The maximum atomic E-state index is 12.5. The molecule has 15 N–H and O–H groups in total. The topological polar surface area (TPSA) is 321 Å². The van der Waals surface area contributed by atoms with E-state index in [4.69, 9.17) is 28.7 Å². The second-order valence-corrected chi connectivity index (χ2v) is 7.10. The molecular weight excluding hydrogens is 458 g/mol. The molecule has 34 heavy (non-hydrogen) atoms. The zero-order valence-corrected chi connectivity index (χ0v) is 18.2. The summed E-state index contributed by atoms with van der Waals surface area (Å²) in [6, 6.07) is -6.06. The van der Waals surface area contributed by atoms with E-state index in [9.17, 15) is 39.0 Å². The van der Waals surface area contributed by atoms with Crippen LogP contribution in [0.5, 0.6) is 0 Å². The Hall–Kier alpha value is -3.99. The van der Waals surface area contributed by atoms with Crippen molar-refractivity contribution in [2.75, 3.05) is 13.2 Å². The first-order valence-corrected chi connectivity index (χ1v) is 9.90. The Labute approximate surface area is 193 Å². The average molecular weight is 489 g/mol. The first-order valence-electron chi connectivity index (χ1n) is 9.90. The molecule has 17 heteroatoms. The molecule has 0 bridgehead atoms. The molecule has 0 saturated carbocycles. The Morgan fingerprint density at radius 3 is 1.74 bits per heavy atom. The van der Waals surface area contributed by atoms with Crippen LogP contribution >= 0.6 is 0 Å². The lowest BCUT2D eigenvalue weighted by molar-refractivity contribution is -0.143. The lowest BCUT2D eigenvalue weighted by Gasteiger charge is -2.23. The van der Waals surface area contributed by atoms with Crippen molar-refractivity contribution in [3.8, 4) is 0 Å². The van der Waals surface area contributed by atoms with Gasteiger partial charge in [0.25, 0.3) is 0 Å². The maximum Gasteiger partial charge on any atom is 0.326 e. The minimum Gasteiger partial charge on any atom is -0.480 e. The molecule has 0 aromatic carbocycles. The maximum absolute atomic E-state index is 12.5. The molecule has 17 nitrogen and oxygen atoms in total. The van der Waals surface area contributed by atoms with Crippen molar-refractivity contribution in [2.24, 2.45) is 33.7 Å². The van der Waals surface area contributed by atoms with E-state index in [2.05, 4.69) is 20.9 Å². The van der Waals surface area contributed by atoms with Crippen LogP contribution in [0.4, 0.5) is 0 Å². The summed E-state index contributed by atoms with van der Waals surface area (Å²) in [6.45, 7) is -0.842. The van der Waals surface area contributed by atoms with Crippen LogP contribution in [0.15, 0.2) is 4.99 Å². The lowest BCUT2D eigenvalue weighted by Crippen LogP contribution is -2.58. The number of hydrogen-bond acceptors (Lipinski definition) is 9. The van der Waals surface area contributed by atoms with Gasteiger partial charge in [-0.25, -0.2) is 4.79 Å². The zero-order valence-electron chi connectivity index (χ0n) is 18.2. The minimum absolute atomic E-state index is 0.0674. The zero-order chi connectivity index (χ0) is 26.4. The van der Waals surface area contributed by atoms with Gasteiger partial charge in [-0.05, 0) is 12.8 Å². The molecule has 0 radical (unpaired) electrons. The van der Waals surface area contributed by atoms with E-state index in [-0.39, 0.29) is 25.3 Å². The molecule has 5 amide bonds. The molecule has 0 aliphatic carbocycles.